The Kier molecular flexibility index (Phi) is 3.30. The third-order valence-electron chi connectivity index (χ3n) is 4.39. The Morgan fingerprint density at radius 3 is 2.12 bits per heavy atom. The van der Waals surface area contributed by atoms with Crippen molar-refractivity contribution < 1.29 is 4.74 Å². The van der Waals surface area contributed by atoms with Gasteiger partial charge in [-0.25, -0.2) is 0 Å². The van der Waals surface area contributed by atoms with Crippen LogP contribution in [0, 0.1) is 0 Å². The maximum atomic E-state index is 5.37. The maximum Gasteiger partial charge on any atom is 0.0825 e. The van der Waals surface area contributed by atoms with Crippen LogP contribution in [-0.4, -0.2) is 59.8 Å². The lowest BCUT2D eigenvalue weighted by Crippen LogP contribution is -2.57. The van der Waals surface area contributed by atoms with Crippen LogP contribution in [0.2, 0.25) is 0 Å². The number of methoxy groups -OCH3 is 1. The van der Waals surface area contributed by atoms with Gasteiger partial charge in [0.05, 0.1) is 6.10 Å². The molecule has 0 aliphatic carbocycles. The van der Waals surface area contributed by atoms with E-state index in [9.17, 15) is 0 Å². The summed E-state index contributed by atoms with van der Waals surface area (Å²) < 4.78 is 5.37. The third kappa shape index (κ3) is 2.51. The van der Waals surface area contributed by atoms with E-state index in [1.807, 2.05) is 7.11 Å². The molecule has 0 N–H and O–H groups in total. The normalized spacial score (nSPS) is 31.8. The van der Waals surface area contributed by atoms with Gasteiger partial charge in [-0.3, -0.25) is 9.80 Å². The number of nitrogens with zero attached hydrogens (tertiary/aromatic N) is 2. The highest BCUT2D eigenvalue weighted by molar-refractivity contribution is 5.03. The molecule has 2 saturated heterocycles. The highest BCUT2D eigenvalue weighted by atomic mass is 16.5. The van der Waals surface area contributed by atoms with E-state index in [2.05, 4.69) is 44.4 Å². The molecular formula is C14H28N2O. The molecular weight excluding hydrogens is 212 g/mol. The van der Waals surface area contributed by atoms with E-state index in [0.29, 0.717) is 11.6 Å². The fourth-order valence-corrected chi connectivity index (χ4v) is 3.55. The quantitative estimate of drug-likeness (QED) is 0.734. The molecule has 0 spiro atoms. The number of rotatable bonds is 2. The molecule has 0 aromatic rings. The average molecular weight is 240 g/mol. The van der Waals surface area contributed by atoms with Gasteiger partial charge in [0, 0.05) is 43.9 Å². The monoisotopic (exact) mass is 240 g/mol. The molecule has 0 radical (unpaired) electrons. The lowest BCUT2D eigenvalue weighted by atomic mass is 9.94. The molecule has 0 bridgehead atoms. The van der Waals surface area contributed by atoms with Crippen LogP contribution >= 0.6 is 0 Å². The number of hydrogen-bond donors (Lipinski definition) is 0. The van der Waals surface area contributed by atoms with Crippen LogP contribution in [0.1, 0.15) is 41.0 Å². The third-order valence-corrected chi connectivity index (χ3v) is 4.39. The number of ether oxygens (including phenoxy) is 1. The van der Waals surface area contributed by atoms with Crippen molar-refractivity contribution >= 4 is 0 Å². The fourth-order valence-electron chi connectivity index (χ4n) is 3.55. The van der Waals surface area contributed by atoms with Crippen molar-refractivity contribution in [2.75, 3.05) is 26.7 Å². The van der Waals surface area contributed by atoms with E-state index >= 15 is 0 Å². The summed E-state index contributed by atoms with van der Waals surface area (Å²) in [6.45, 7) is 15.2. The summed E-state index contributed by atoms with van der Waals surface area (Å²) in [5.41, 5.74) is 0.588. The van der Waals surface area contributed by atoms with Gasteiger partial charge in [-0.1, -0.05) is 0 Å². The molecule has 17 heavy (non-hydrogen) atoms. The van der Waals surface area contributed by atoms with Crippen LogP contribution in [-0.2, 0) is 4.74 Å². The first kappa shape index (κ1) is 13.3. The fraction of sp³-hybridized carbons (Fsp3) is 1.00. The first-order valence-corrected chi connectivity index (χ1v) is 6.78. The van der Waals surface area contributed by atoms with Gasteiger partial charge in [-0.05, 0) is 41.0 Å². The van der Waals surface area contributed by atoms with Gasteiger partial charge in [0.15, 0.2) is 0 Å². The van der Waals surface area contributed by atoms with Crippen molar-refractivity contribution in [3.05, 3.63) is 0 Å². The molecule has 2 aliphatic rings. The van der Waals surface area contributed by atoms with Gasteiger partial charge in [0.25, 0.3) is 0 Å². The Bertz CT molecular complexity index is 276. The zero-order valence-corrected chi connectivity index (χ0v) is 12.3. The molecule has 1 unspecified atom stereocenters. The second-order valence-electron chi connectivity index (χ2n) is 7.26. The summed E-state index contributed by atoms with van der Waals surface area (Å²) in [6.07, 6.45) is 1.75. The molecule has 0 aromatic carbocycles. The molecule has 2 fully saturated rings. The largest absolute Gasteiger partial charge is 0.379 e. The highest BCUT2D eigenvalue weighted by Gasteiger charge is 2.47. The molecule has 2 aliphatic heterocycles. The topological polar surface area (TPSA) is 15.7 Å². The second-order valence-corrected chi connectivity index (χ2v) is 7.26. The van der Waals surface area contributed by atoms with Crippen molar-refractivity contribution in [2.45, 2.75) is 64.3 Å². The van der Waals surface area contributed by atoms with E-state index in [-0.39, 0.29) is 5.54 Å². The van der Waals surface area contributed by atoms with Gasteiger partial charge >= 0.3 is 0 Å². The Labute approximate surface area is 106 Å². The summed E-state index contributed by atoms with van der Waals surface area (Å²) in [7, 11) is 1.82. The first-order valence-electron chi connectivity index (χ1n) is 6.78. The van der Waals surface area contributed by atoms with Crippen LogP contribution in [0.5, 0.6) is 0 Å². The van der Waals surface area contributed by atoms with Gasteiger partial charge in [-0.2, -0.15) is 0 Å². The summed E-state index contributed by atoms with van der Waals surface area (Å²) in [5.74, 6) is 0. The lowest BCUT2D eigenvalue weighted by Gasteiger charge is -2.43. The molecule has 2 heterocycles. The molecule has 0 aromatic heterocycles. The van der Waals surface area contributed by atoms with Crippen molar-refractivity contribution in [3.8, 4) is 0 Å². The summed E-state index contributed by atoms with van der Waals surface area (Å²) in [6, 6.07) is 0.718. The van der Waals surface area contributed by atoms with Crippen molar-refractivity contribution in [3.63, 3.8) is 0 Å². The summed E-state index contributed by atoms with van der Waals surface area (Å²) in [5, 5.41) is 0. The van der Waals surface area contributed by atoms with Gasteiger partial charge in [0.2, 0.25) is 0 Å². The van der Waals surface area contributed by atoms with E-state index in [4.69, 9.17) is 4.74 Å². The van der Waals surface area contributed by atoms with Crippen LogP contribution in [0.25, 0.3) is 0 Å². The molecule has 1 atom stereocenters. The van der Waals surface area contributed by atoms with Gasteiger partial charge < -0.3 is 4.74 Å². The minimum Gasteiger partial charge on any atom is -0.379 e. The van der Waals surface area contributed by atoms with E-state index < -0.39 is 0 Å². The Hall–Kier alpha value is -0.120. The molecule has 0 amide bonds. The van der Waals surface area contributed by atoms with Crippen molar-refractivity contribution in [1.29, 1.82) is 0 Å². The second kappa shape index (κ2) is 4.22. The molecule has 100 valence electrons. The van der Waals surface area contributed by atoms with Crippen LogP contribution in [0.3, 0.4) is 0 Å². The Morgan fingerprint density at radius 1 is 1.12 bits per heavy atom. The number of likely N-dealkylation sites (tertiary alicyclic amines) is 2. The van der Waals surface area contributed by atoms with Crippen LogP contribution < -0.4 is 0 Å². The van der Waals surface area contributed by atoms with E-state index in [1.165, 1.54) is 13.0 Å². The van der Waals surface area contributed by atoms with Crippen molar-refractivity contribution in [2.24, 2.45) is 0 Å². The van der Waals surface area contributed by atoms with Gasteiger partial charge in [-0.15, -0.1) is 0 Å². The van der Waals surface area contributed by atoms with E-state index in [1.54, 1.807) is 0 Å². The Balaban J connectivity index is 1.97. The number of hydrogen-bond acceptors (Lipinski definition) is 3. The van der Waals surface area contributed by atoms with Crippen LogP contribution in [0.15, 0.2) is 0 Å². The molecule has 3 nitrogen and oxygen atoms in total. The molecule has 2 rings (SSSR count). The summed E-state index contributed by atoms with van der Waals surface area (Å²) in [4.78, 5) is 5.24. The minimum atomic E-state index is 0.268. The average Bonchev–Trinajstić information content (AvgIpc) is 2.38. The highest BCUT2D eigenvalue weighted by Crippen LogP contribution is 2.38. The zero-order valence-electron chi connectivity index (χ0n) is 12.3. The van der Waals surface area contributed by atoms with Gasteiger partial charge in [0.1, 0.15) is 0 Å². The Morgan fingerprint density at radius 2 is 1.71 bits per heavy atom. The zero-order chi connectivity index (χ0) is 12.8. The lowest BCUT2D eigenvalue weighted by molar-refractivity contribution is -0.0496. The summed E-state index contributed by atoms with van der Waals surface area (Å²) >= 11 is 0. The molecule has 3 heteroatoms. The maximum absolute atomic E-state index is 5.37. The smallest absolute Gasteiger partial charge is 0.0825 e. The SMILES string of the molecule is COC1CN(C2CN(C(C)(C)C)C(C)(C)C2)C1. The minimum absolute atomic E-state index is 0.268. The standard InChI is InChI=1S/C14H28N2O/c1-13(2,3)16-8-11(7-14(16,4)5)15-9-12(10-15)17-6/h11-12H,7-10H2,1-6H3. The predicted octanol–water partition coefficient (Wildman–Crippen LogP) is 1.97. The first-order chi connectivity index (χ1) is 7.74. The van der Waals surface area contributed by atoms with Crippen LogP contribution in [0.4, 0.5) is 0 Å². The predicted molar refractivity (Wildman–Crippen MR) is 71.3 cm³/mol. The van der Waals surface area contributed by atoms with E-state index in [0.717, 1.165) is 19.1 Å². The van der Waals surface area contributed by atoms with Crippen molar-refractivity contribution in [1.82, 2.24) is 9.80 Å². The molecule has 0 saturated carbocycles.